The van der Waals surface area contributed by atoms with Gasteiger partial charge >= 0.3 is 0 Å². The van der Waals surface area contributed by atoms with Gasteiger partial charge in [0, 0.05) is 42.7 Å². The highest BCUT2D eigenvalue weighted by Gasteiger charge is 2.24. The lowest BCUT2D eigenvalue weighted by Gasteiger charge is -2.18. The number of imidazole rings is 1. The Morgan fingerprint density at radius 1 is 1.16 bits per heavy atom. The fourth-order valence-corrected chi connectivity index (χ4v) is 4.78. The van der Waals surface area contributed by atoms with Gasteiger partial charge in [-0.05, 0) is 37.5 Å². The summed E-state index contributed by atoms with van der Waals surface area (Å²) in [6, 6.07) is 5.62. The zero-order valence-electron chi connectivity index (χ0n) is 21.7. The van der Waals surface area contributed by atoms with Crippen LogP contribution >= 0.6 is 0 Å². The van der Waals surface area contributed by atoms with Gasteiger partial charge in [0.2, 0.25) is 0 Å². The molecular weight excluding hydrogens is 466 g/mol. The molecule has 0 unspecified atom stereocenters. The molecule has 0 saturated carbocycles. The number of nitrogens with two attached hydrogens (primary N) is 1. The molecule has 4 heterocycles. The van der Waals surface area contributed by atoms with Crippen molar-refractivity contribution in [2.45, 2.75) is 40.0 Å². The number of fused-ring (bicyclic) bond motifs is 1. The standard InChI is InChI=1S/C27H31N9O/c1-6-17-21(9-8-19(25(28)37)24(17)29-7-2)36-27-22(23(34-36)15(3)4)18(10-11-30-27)26-31-13-20(33-26)16-12-32-35(5)14-16/h8-15,29H,6-7H2,1-5H3,(H2,28,37)(H,31,33). The Bertz CT molecular complexity index is 1610. The summed E-state index contributed by atoms with van der Waals surface area (Å²) in [6.45, 7) is 8.95. The van der Waals surface area contributed by atoms with E-state index < -0.39 is 5.91 Å². The topological polar surface area (TPSA) is 132 Å². The third-order valence-corrected chi connectivity index (χ3v) is 6.48. The summed E-state index contributed by atoms with van der Waals surface area (Å²) in [6.07, 6.45) is 8.03. The van der Waals surface area contributed by atoms with Gasteiger partial charge in [0.1, 0.15) is 5.82 Å². The Morgan fingerprint density at radius 2 is 1.97 bits per heavy atom. The Morgan fingerprint density at radius 3 is 2.62 bits per heavy atom. The minimum absolute atomic E-state index is 0.141. The molecule has 10 nitrogen and oxygen atoms in total. The van der Waals surface area contributed by atoms with Gasteiger partial charge in [0.25, 0.3) is 5.91 Å². The van der Waals surface area contributed by atoms with E-state index in [1.807, 2.05) is 43.2 Å². The van der Waals surface area contributed by atoms with E-state index in [1.165, 1.54) is 0 Å². The Labute approximate surface area is 214 Å². The van der Waals surface area contributed by atoms with Gasteiger partial charge < -0.3 is 16.0 Å². The van der Waals surface area contributed by atoms with Crippen LogP contribution in [0, 0.1) is 0 Å². The largest absolute Gasteiger partial charge is 0.384 e. The molecule has 0 spiro atoms. The molecule has 4 N–H and O–H groups in total. The fraction of sp³-hybridized carbons (Fsp3) is 0.296. The second kappa shape index (κ2) is 9.53. The van der Waals surface area contributed by atoms with Crippen molar-refractivity contribution >= 4 is 22.6 Å². The number of pyridine rings is 1. The van der Waals surface area contributed by atoms with Crippen LogP contribution in [-0.4, -0.2) is 47.0 Å². The normalized spacial score (nSPS) is 11.5. The molecule has 1 aromatic carbocycles. The van der Waals surface area contributed by atoms with Crippen LogP contribution in [0.15, 0.2) is 43.0 Å². The van der Waals surface area contributed by atoms with Crippen molar-refractivity contribution in [1.29, 1.82) is 0 Å². The molecule has 0 aliphatic heterocycles. The molecule has 10 heteroatoms. The van der Waals surface area contributed by atoms with Crippen molar-refractivity contribution < 1.29 is 4.79 Å². The molecule has 1 amide bonds. The first-order valence-corrected chi connectivity index (χ1v) is 12.5. The number of aryl methyl sites for hydroxylation is 1. The van der Waals surface area contributed by atoms with Crippen molar-refractivity contribution in [2.24, 2.45) is 12.8 Å². The number of nitrogens with one attached hydrogen (secondary N) is 2. The van der Waals surface area contributed by atoms with Crippen LogP contribution in [0.2, 0.25) is 0 Å². The lowest BCUT2D eigenvalue weighted by atomic mass is 10.0. The summed E-state index contributed by atoms with van der Waals surface area (Å²) in [4.78, 5) is 25.0. The third kappa shape index (κ3) is 4.14. The first-order valence-electron chi connectivity index (χ1n) is 12.5. The summed E-state index contributed by atoms with van der Waals surface area (Å²) in [5.41, 5.74) is 13.1. The molecule has 0 saturated heterocycles. The zero-order chi connectivity index (χ0) is 26.3. The number of carbonyl (C=O) groups is 1. The summed E-state index contributed by atoms with van der Waals surface area (Å²) < 4.78 is 3.64. The molecule has 0 aliphatic carbocycles. The third-order valence-electron chi connectivity index (χ3n) is 6.48. The maximum atomic E-state index is 12.2. The number of H-pyrrole nitrogens is 1. The highest BCUT2D eigenvalue weighted by molar-refractivity contribution is 6.00. The van der Waals surface area contributed by atoms with E-state index in [2.05, 4.69) is 41.2 Å². The number of nitrogens with zero attached hydrogens (tertiary/aromatic N) is 6. The molecule has 0 aliphatic rings. The number of amides is 1. The number of aromatic nitrogens is 7. The van der Waals surface area contributed by atoms with E-state index in [9.17, 15) is 4.79 Å². The number of rotatable bonds is 8. The highest BCUT2D eigenvalue weighted by atomic mass is 16.1. The Balaban J connectivity index is 1.73. The van der Waals surface area contributed by atoms with Crippen molar-refractivity contribution in [3.8, 4) is 28.3 Å². The molecular formula is C27H31N9O. The molecule has 0 atom stereocenters. The second-order valence-electron chi connectivity index (χ2n) is 9.29. The van der Waals surface area contributed by atoms with E-state index in [1.54, 1.807) is 23.1 Å². The quantitative estimate of drug-likeness (QED) is 0.291. The van der Waals surface area contributed by atoms with Crippen molar-refractivity contribution in [3.63, 3.8) is 0 Å². The summed E-state index contributed by atoms with van der Waals surface area (Å²) in [5, 5.41) is 13.6. The van der Waals surface area contributed by atoms with Gasteiger partial charge in [0.15, 0.2) is 5.65 Å². The molecule has 0 bridgehead atoms. The number of carbonyl (C=O) groups excluding carboxylic acids is 1. The van der Waals surface area contributed by atoms with Crippen molar-refractivity contribution in [1.82, 2.24) is 34.5 Å². The maximum Gasteiger partial charge on any atom is 0.250 e. The van der Waals surface area contributed by atoms with Crippen molar-refractivity contribution in [2.75, 3.05) is 11.9 Å². The van der Waals surface area contributed by atoms with Crippen LogP contribution in [0.5, 0.6) is 0 Å². The first kappa shape index (κ1) is 24.2. The number of anilines is 1. The highest BCUT2D eigenvalue weighted by Crippen LogP contribution is 2.36. The lowest BCUT2D eigenvalue weighted by molar-refractivity contribution is 0.100. The summed E-state index contributed by atoms with van der Waals surface area (Å²) >= 11 is 0. The van der Waals surface area contributed by atoms with E-state index in [-0.39, 0.29) is 5.92 Å². The summed E-state index contributed by atoms with van der Waals surface area (Å²) in [5.74, 6) is 0.413. The minimum Gasteiger partial charge on any atom is -0.384 e. The molecule has 0 radical (unpaired) electrons. The molecule has 37 heavy (non-hydrogen) atoms. The van der Waals surface area contributed by atoms with E-state index in [0.717, 1.165) is 56.3 Å². The number of hydrogen-bond acceptors (Lipinski definition) is 6. The molecule has 4 aromatic heterocycles. The average Bonchev–Trinajstić information content (AvgIpc) is 3.62. The number of aromatic amines is 1. The Hall–Kier alpha value is -4.47. The fourth-order valence-electron chi connectivity index (χ4n) is 4.78. The van der Waals surface area contributed by atoms with Crippen LogP contribution in [0.25, 0.3) is 39.4 Å². The number of hydrogen-bond donors (Lipinski definition) is 3. The van der Waals surface area contributed by atoms with Crippen LogP contribution in [-0.2, 0) is 13.5 Å². The number of benzene rings is 1. The number of primary amides is 1. The molecule has 190 valence electrons. The minimum atomic E-state index is -0.465. The van der Waals surface area contributed by atoms with Gasteiger partial charge in [-0.3, -0.25) is 9.48 Å². The van der Waals surface area contributed by atoms with Crippen molar-refractivity contribution in [3.05, 3.63) is 59.8 Å². The van der Waals surface area contributed by atoms with Crippen LogP contribution in [0.3, 0.4) is 0 Å². The molecule has 0 fully saturated rings. The van der Waals surface area contributed by atoms with E-state index in [4.69, 9.17) is 15.8 Å². The Kier molecular flexibility index (Phi) is 6.24. The molecule has 5 aromatic rings. The van der Waals surface area contributed by atoms with E-state index in [0.29, 0.717) is 18.5 Å². The maximum absolute atomic E-state index is 12.2. The zero-order valence-corrected chi connectivity index (χ0v) is 21.7. The second-order valence-corrected chi connectivity index (χ2v) is 9.29. The van der Waals surface area contributed by atoms with Gasteiger partial charge in [-0.2, -0.15) is 10.2 Å². The van der Waals surface area contributed by atoms with Crippen LogP contribution in [0.1, 0.15) is 55.2 Å². The van der Waals surface area contributed by atoms with E-state index >= 15 is 0 Å². The summed E-state index contributed by atoms with van der Waals surface area (Å²) in [7, 11) is 1.89. The lowest BCUT2D eigenvalue weighted by Crippen LogP contribution is -2.17. The van der Waals surface area contributed by atoms with Gasteiger partial charge in [-0.25, -0.2) is 14.6 Å². The monoisotopic (exact) mass is 497 g/mol. The molecule has 5 rings (SSSR count). The first-order chi connectivity index (χ1) is 17.8. The average molecular weight is 498 g/mol. The predicted molar refractivity (Wildman–Crippen MR) is 145 cm³/mol. The predicted octanol–water partition coefficient (Wildman–Crippen LogP) is 4.43. The van der Waals surface area contributed by atoms with Gasteiger partial charge in [-0.15, -0.1) is 0 Å². The SMILES string of the molecule is CCNc1c(C(N)=O)ccc(-n2nc(C(C)C)c3c(-c4ncc(-c5cnn(C)c5)[nH]4)ccnc32)c1CC. The van der Waals surface area contributed by atoms with Crippen LogP contribution < -0.4 is 11.1 Å². The van der Waals surface area contributed by atoms with Gasteiger partial charge in [0.05, 0.1) is 46.1 Å². The van der Waals surface area contributed by atoms with Gasteiger partial charge in [-0.1, -0.05) is 20.8 Å². The smallest absolute Gasteiger partial charge is 0.250 e. The van der Waals surface area contributed by atoms with Crippen LogP contribution in [0.4, 0.5) is 5.69 Å².